The van der Waals surface area contributed by atoms with Crippen LogP contribution in [-0.4, -0.2) is 16.2 Å². The number of carboxylic acids is 1. The fourth-order valence-electron chi connectivity index (χ4n) is 3.19. The molecule has 0 unspecified atom stereocenters. The lowest BCUT2D eigenvalue weighted by Gasteiger charge is -2.14. The summed E-state index contributed by atoms with van der Waals surface area (Å²) in [5.41, 5.74) is 3.51. The molecule has 26 heavy (non-hydrogen) atoms. The van der Waals surface area contributed by atoms with E-state index in [1.807, 2.05) is 24.3 Å². The molecule has 3 heteroatoms. The molecule has 0 aromatic heterocycles. The molecule has 0 atom stereocenters. The molecule has 4 rings (SSSR count). The Labute approximate surface area is 152 Å². The van der Waals surface area contributed by atoms with Crippen molar-refractivity contribution in [3.63, 3.8) is 0 Å². The Morgan fingerprint density at radius 3 is 1.96 bits per heavy atom. The van der Waals surface area contributed by atoms with Crippen LogP contribution in [0.5, 0.6) is 5.75 Å². The van der Waals surface area contributed by atoms with E-state index in [0.29, 0.717) is 5.75 Å². The second-order valence-electron chi connectivity index (χ2n) is 6.20. The molecule has 0 aliphatic carbocycles. The molecule has 0 amide bonds. The van der Waals surface area contributed by atoms with Crippen molar-refractivity contribution in [1.82, 2.24) is 0 Å². The molecule has 3 nitrogen and oxygen atoms in total. The van der Waals surface area contributed by atoms with Crippen LogP contribution >= 0.6 is 0 Å². The summed E-state index contributed by atoms with van der Waals surface area (Å²) in [4.78, 5) is 9.00. The third-order valence-corrected chi connectivity index (χ3v) is 4.21. The van der Waals surface area contributed by atoms with Crippen LogP contribution in [0.1, 0.15) is 12.5 Å². The van der Waals surface area contributed by atoms with Crippen molar-refractivity contribution in [2.24, 2.45) is 0 Å². The minimum Gasteiger partial charge on any atom is -0.507 e. The quantitative estimate of drug-likeness (QED) is 0.431. The lowest BCUT2D eigenvalue weighted by molar-refractivity contribution is -0.134. The number of hydrogen-bond acceptors (Lipinski definition) is 2. The predicted molar refractivity (Wildman–Crippen MR) is 107 cm³/mol. The second-order valence-corrected chi connectivity index (χ2v) is 6.20. The number of aliphatic carboxylic acids is 1. The maximum atomic E-state index is 10.7. The van der Waals surface area contributed by atoms with Gasteiger partial charge in [-0.3, -0.25) is 4.79 Å². The highest BCUT2D eigenvalue weighted by atomic mass is 16.4. The van der Waals surface area contributed by atoms with Crippen LogP contribution in [0.2, 0.25) is 0 Å². The first-order valence-electron chi connectivity index (χ1n) is 8.38. The highest BCUT2D eigenvalue weighted by molar-refractivity contribution is 6.16. The Balaban J connectivity index is 0.000000447. The SMILES string of the molecule is CC(=O)O.Cc1ccc2c(-c3ccccc3)c3ccccc3c(O)c2c1. The lowest BCUT2D eigenvalue weighted by atomic mass is 9.90. The molecule has 0 saturated heterocycles. The fraction of sp³-hybridized carbons (Fsp3) is 0.0870. The lowest BCUT2D eigenvalue weighted by Crippen LogP contribution is -1.87. The predicted octanol–water partition coefficient (Wildman–Crippen LogP) is 5.76. The Hall–Kier alpha value is -3.33. The molecule has 0 radical (unpaired) electrons. The summed E-state index contributed by atoms with van der Waals surface area (Å²) in [7, 11) is 0. The first kappa shape index (κ1) is 17.5. The van der Waals surface area contributed by atoms with Gasteiger partial charge >= 0.3 is 0 Å². The number of fused-ring (bicyclic) bond motifs is 2. The van der Waals surface area contributed by atoms with Crippen LogP contribution in [0.3, 0.4) is 0 Å². The van der Waals surface area contributed by atoms with Crippen LogP contribution in [0.4, 0.5) is 0 Å². The van der Waals surface area contributed by atoms with Crippen molar-refractivity contribution in [3.8, 4) is 16.9 Å². The zero-order valence-electron chi connectivity index (χ0n) is 14.7. The van der Waals surface area contributed by atoms with E-state index >= 15 is 0 Å². The summed E-state index contributed by atoms with van der Waals surface area (Å²) in [5.74, 6) is -0.464. The number of hydrogen-bond donors (Lipinski definition) is 2. The molecule has 4 aromatic rings. The van der Waals surface area contributed by atoms with Crippen molar-refractivity contribution in [3.05, 3.63) is 78.4 Å². The summed E-state index contributed by atoms with van der Waals surface area (Å²) in [6, 6.07) is 24.7. The summed E-state index contributed by atoms with van der Waals surface area (Å²) < 4.78 is 0. The molecule has 130 valence electrons. The number of carbonyl (C=O) groups is 1. The molecule has 0 spiro atoms. The fourth-order valence-corrected chi connectivity index (χ4v) is 3.19. The minimum absolute atomic E-state index is 0.369. The average molecular weight is 344 g/mol. The molecule has 2 N–H and O–H groups in total. The van der Waals surface area contributed by atoms with Gasteiger partial charge in [-0.2, -0.15) is 0 Å². The molecule has 0 aliphatic heterocycles. The molecular formula is C23H20O3. The van der Waals surface area contributed by atoms with Crippen LogP contribution in [0.25, 0.3) is 32.7 Å². The van der Waals surface area contributed by atoms with Gasteiger partial charge in [0.1, 0.15) is 5.75 Å². The number of carboxylic acid groups (broad SMARTS) is 1. The topological polar surface area (TPSA) is 57.5 Å². The van der Waals surface area contributed by atoms with Crippen LogP contribution in [-0.2, 0) is 4.79 Å². The molecule has 4 aromatic carbocycles. The molecule has 0 saturated carbocycles. The summed E-state index contributed by atoms with van der Waals surface area (Å²) in [6.07, 6.45) is 0. The van der Waals surface area contributed by atoms with Crippen LogP contribution in [0, 0.1) is 6.92 Å². The van der Waals surface area contributed by atoms with Gasteiger partial charge in [-0.25, -0.2) is 0 Å². The van der Waals surface area contributed by atoms with Crippen molar-refractivity contribution in [1.29, 1.82) is 0 Å². The monoisotopic (exact) mass is 344 g/mol. The van der Waals surface area contributed by atoms with Gasteiger partial charge < -0.3 is 10.2 Å². The van der Waals surface area contributed by atoms with Gasteiger partial charge in [0.05, 0.1) is 0 Å². The zero-order chi connectivity index (χ0) is 18.7. The number of phenols is 1. The van der Waals surface area contributed by atoms with Gasteiger partial charge in [0.15, 0.2) is 0 Å². The Bertz CT molecular complexity index is 1080. The molecule has 0 heterocycles. The van der Waals surface area contributed by atoms with E-state index < -0.39 is 5.97 Å². The van der Waals surface area contributed by atoms with Gasteiger partial charge in [0.25, 0.3) is 5.97 Å². The number of rotatable bonds is 1. The minimum atomic E-state index is -0.833. The summed E-state index contributed by atoms with van der Waals surface area (Å²) in [5, 5.41) is 22.1. The van der Waals surface area contributed by atoms with Gasteiger partial charge in [-0.1, -0.05) is 72.3 Å². The Morgan fingerprint density at radius 2 is 1.31 bits per heavy atom. The Kier molecular flexibility index (Phi) is 4.90. The van der Waals surface area contributed by atoms with E-state index in [9.17, 15) is 5.11 Å². The summed E-state index contributed by atoms with van der Waals surface area (Å²) in [6.45, 7) is 3.14. The van der Waals surface area contributed by atoms with Gasteiger partial charge in [0.2, 0.25) is 0 Å². The Morgan fingerprint density at radius 1 is 0.769 bits per heavy atom. The molecule has 0 bridgehead atoms. The standard InChI is InChI=1S/C21H16O.C2H4O2/c1-14-11-12-17-19(13-14)21(22)18-10-6-5-9-16(18)20(17)15-7-3-2-4-8-15;1-2(3)4/h2-13,22H,1H3;1H3,(H,3,4). The van der Waals surface area contributed by atoms with Crippen molar-refractivity contribution < 1.29 is 15.0 Å². The zero-order valence-corrected chi connectivity index (χ0v) is 14.7. The first-order chi connectivity index (χ1) is 12.5. The second kappa shape index (κ2) is 7.28. The van der Waals surface area contributed by atoms with Crippen molar-refractivity contribution in [2.45, 2.75) is 13.8 Å². The first-order valence-corrected chi connectivity index (χ1v) is 8.38. The van der Waals surface area contributed by atoms with Gasteiger partial charge in [0, 0.05) is 17.7 Å². The average Bonchev–Trinajstić information content (AvgIpc) is 2.63. The third-order valence-electron chi connectivity index (χ3n) is 4.21. The van der Waals surface area contributed by atoms with E-state index in [1.54, 1.807) is 0 Å². The molecule has 0 fully saturated rings. The van der Waals surface area contributed by atoms with E-state index in [4.69, 9.17) is 9.90 Å². The highest BCUT2D eigenvalue weighted by Gasteiger charge is 2.14. The largest absolute Gasteiger partial charge is 0.507 e. The maximum absolute atomic E-state index is 10.7. The van der Waals surface area contributed by atoms with Gasteiger partial charge in [-0.15, -0.1) is 0 Å². The van der Waals surface area contributed by atoms with E-state index in [0.717, 1.165) is 34.0 Å². The van der Waals surface area contributed by atoms with Crippen LogP contribution in [0.15, 0.2) is 72.8 Å². The van der Waals surface area contributed by atoms with Crippen molar-refractivity contribution in [2.75, 3.05) is 0 Å². The third kappa shape index (κ3) is 3.38. The smallest absolute Gasteiger partial charge is 0.300 e. The molecular weight excluding hydrogens is 324 g/mol. The van der Waals surface area contributed by atoms with E-state index in [1.165, 1.54) is 11.1 Å². The van der Waals surface area contributed by atoms with E-state index in [2.05, 4.69) is 55.5 Å². The highest BCUT2D eigenvalue weighted by Crippen LogP contribution is 2.42. The number of benzene rings is 4. The number of aromatic hydroxyl groups is 1. The maximum Gasteiger partial charge on any atom is 0.300 e. The number of phenolic OH excluding ortho intramolecular Hbond substituents is 1. The summed E-state index contributed by atoms with van der Waals surface area (Å²) >= 11 is 0. The van der Waals surface area contributed by atoms with Crippen LogP contribution < -0.4 is 0 Å². The number of aryl methyl sites for hydroxylation is 1. The van der Waals surface area contributed by atoms with Gasteiger partial charge in [-0.05, 0) is 34.9 Å². The molecule has 0 aliphatic rings. The van der Waals surface area contributed by atoms with E-state index in [-0.39, 0.29) is 0 Å². The normalized spacial score (nSPS) is 10.4. The van der Waals surface area contributed by atoms with Crippen molar-refractivity contribution >= 4 is 27.5 Å².